The number of amides is 1. The molecule has 104 valence electrons. The summed E-state index contributed by atoms with van der Waals surface area (Å²) in [6.45, 7) is 0. The highest BCUT2D eigenvalue weighted by Crippen LogP contribution is 2.24. The topological polar surface area (TPSA) is 88.2 Å². The SMILES string of the molecule is Nc1ccc(O)cc1C(=O)Nc1cccc2ccncc12. The molecule has 0 fully saturated rings. The quantitative estimate of drug-likeness (QED) is 0.497. The van der Waals surface area contributed by atoms with Gasteiger partial charge in [-0.3, -0.25) is 9.78 Å². The van der Waals surface area contributed by atoms with Crippen LogP contribution in [0, 0.1) is 0 Å². The molecule has 3 aromatic rings. The lowest BCUT2D eigenvalue weighted by molar-refractivity contribution is 0.102. The molecule has 0 spiro atoms. The lowest BCUT2D eigenvalue weighted by atomic mass is 10.1. The first-order valence-corrected chi connectivity index (χ1v) is 6.38. The number of carbonyl (C=O) groups excluding carboxylic acids is 1. The average Bonchev–Trinajstić information content (AvgIpc) is 2.50. The lowest BCUT2D eigenvalue weighted by Crippen LogP contribution is -2.14. The summed E-state index contributed by atoms with van der Waals surface area (Å²) >= 11 is 0. The lowest BCUT2D eigenvalue weighted by Gasteiger charge is -2.10. The van der Waals surface area contributed by atoms with E-state index in [1.54, 1.807) is 18.5 Å². The number of carbonyl (C=O) groups is 1. The molecule has 2 aromatic carbocycles. The van der Waals surface area contributed by atoms with Gasteiger partial charge in [0.25, 0.3) is 5.91 Å². The van der Waals surface area contributed by atoms with Crippen molar-refractivity contribution in [2.24, 2.45) is 0 Å². The van der Waals surface area contributed by atoms with Gasteiger partial charge in [0.1, 0.15) is 5.75 Å². The van der Waals surface area contributed by atoms with E-state index in [1.165, 1.54) is 18.2 Å². The van der Waals surface area contributed by atoms with Crippen LogP contribution in [0.4, 0.5) is 11.4 Å². The number of fused-ring (bicyclic) bond motifs is 1. The Hall–Kier alpha value is -3.08. The third-order valence-corrected chi connectivity index (χ3v) is 3.21. The van der Waals surface area contributed by atoms with Gasteiger partial charge in [-0.2, -0.15) is 0 Å². The van der Waals surface area contributed by atoms with E-state index < -0.39 is 0 Å². The maximum Gasteiger partial charge on any atom is 0.257 e. The first kappa shape index (κ1) is 12.9. The van der Waals surface area contributed by atoms with Gasteiger partial charge in [-0.05, 0) is 35.7 Å². The van der Waals surface area contributed by atoms with Gasteiger partial charge < -0.3 is 16.2 Å². The second kappa shape index (κ2) is 5.13. The molecule has 3 rings (SSSR count). The third-order valence-electron chi connectivity index (χ3n) is 3.21. The maximum absolute atomic E-state index is 12.3. The highest BCUT2D eigenvalue weighted by atomic mass is 16.3. The summed E-state index contributed by atoms with van der Waals surface area (Å²) in [5.41, 5.74) is 6.96. The molecule has 0 unspecified atom stereocenters. The number of phenols is 1. The van der Waals surface area contributed by atoms with Crippen molar-refractivity contribution in [3.05, 3.63) is 60.4 Å². The molecule has 1 aromatic heterocycles. The van der Waals surface area contributed by atoms with E-state index in [0.29, 0.717) is 11.4 Å². The van der Waals surface area contributed by atoms with Crippen LogP contribution in [0.3, 0.4) is 0 Å². The molecule has 5 heteroatoms. The van der Waals surface area contributed by atoms with Gasteiger partial charge in [-0.1, -0.05) is 12.1 Å². The highest BCUT2D eigenvalue weighted by Gasteiger charge is 2.12. The minimum atomic E-state index is -0.375. The number of nitrogens with one attached hydrogen (secondary N) is 1. The maximum atomic E-state index is 12.3. The van der Waals surface area contributed by atoms with Crippen molar-refractivity contribution in [3.63, 3.8) is 0 Å². The first-order valence-electron chi connectivity index (χ1n) is 6.38. The molecule has 4 N–H and O–H groups in total. The number of aromatic nitrogens is 1. The van der Waals surface area contributed by atoms with E-state index in [1.807, 2.05) is 18.2 Å². The van der Waals surface area contributed by atoms with E-state index in [4.69, 9.17) is 5.73 Å². The van der Waals surface area contributed by atoms with Crippen LogP contribution in [-0.2, 0) is 0 Å². The van der Waals surface area contributed by atoms with Gasteiger partial charge in [0.05, 0.1) is 11.3 Å². The molecular formula is C16H13N3O2. The predicted octanol–water partition coefficient (Wildman–Crippen LogP) is 2.77. The van der Waals surface area contributed by atoms with Gasteiger partial charge in [0.15, 0.2) is 0 Å². The zero-order valence-electron chi connectivity index (χ0n) is 11.1. The zero-order valence-corrected chi connectivity index (χ0v) is 11.1. The van der Waals surface area contributed by atoms with E-state index in [-0.39, 0.29) is 17.2 Å². The van der Waals surface area contributed by atoms with Crippen molar-refractivity contribution in [1.29, 1.82) is 0 Å². The van der Waals surface area contributed by atoms with Crippen molar-refractivity contribution in [1.82, 2.24) is 4.98 Å². The van der Waals surface area contributed by atoms with Crippen LogP contribution >= 0.6 is 0 Å². The second-order valence-electron chi connectivity index (χ2n) is 4.63. The number of phenolic OH excluding ortho intramolecular Hbond substituents is 1. The molecule has 21 heavy (non-hydrogen) atoms. The molecule has 0 radical (unpaired) electrons. The normalized spacial score (nSPS) is 10.5. The van der Waals surface area contributed by atoms with Gasteiger partial charge >= 0.3 is 0 Å². The summed E-state index contributed by atoms with van der Waals surface area (Å²) < 4.78 is 0. The Morgan fingerprint density at radius 1 is 1.19 bits per heavy atom. The van der Waals surface area contributed by atoms with E-state index in [2.05, 4.69) is 10.3 Å². The monoisotopic (exact) mass is 279 g/mol. The van der Waals surface area contributed by atoms with Crippen LogP contribution in [0.5, 0.6) is 5.75 Å². The number of nitrogens with zero attached hydrogens (tertiary/aromatic N) is 1. The Kier molecular flexibility index (Phi) is 3.16. The molecule has 1 amide bonds. The average molecular weight is 279 g/mol. The van der Waals surface area contributed by atoms with E-state index in [0.717, 1.165) is 10.8 Å². The number of nitrogens with two attached hydrogens (primary N) is 1. The number of hydrogen-bond donors (Lipinski definition) is 3. The molecule has 0 aliphatic rings. The molecule has 0 atom stereocenters. The van der Waals surface area contributed by atoms with Crippen molar-refractivity contribution >= 4 is 28.1 Å². The Balaban J connectivity index is 1.99. The number of aromatic hydroxyl groups is 1. The third kappa shape index (κ3) is 2.49. The zero-order chi connectivity index (χ0) is 14.8. The highest BCUT2D eigenvalue weighted by molar-refractivity contribution is 6.11. The minimum absolute atomic E-state index is 0.00561. The van der Waals surface area contributed by atoms with Crippen LogP contribution < -0.4 is 11.1 Å². The molecular weight excluding hydrogens is 266 g/mol. The second-order valence-corrected chi connectivity index (χ2v) is 4.63. The smallest absolute Gasteiger partial charge is 0.257 e. The van der Waals surface area contributed by atoms with Crippen molar-refractivity contribution in [2.75, 3.05) is 11.1 Å². The van der Waals surface area contributed by atoms with Gasteiger partial charge in [-0.15, -0.1) is 0 Å². The van der Waals surface area contributed by atoms with Gasteiger partial charge in [-0.25, -0.2) is 0 Å². The molecule has 0 saturated carbocycles. The fourth-order valence-corrected chi connectivity index (χ4v) is 2.15. The summed E-state index contributed by atoms with van der Waals surface area (Å²) in [5.74, 6) is -0.381. The Morgan fingerprint density at radius 3 is 2.90 bits per heavy atom. The molecule has 0 bridgehead atoms. The van der Waals surface area contributed by atoms with Crippen molar-refractivity contribution in [3.8, 4) is 5.75 Å². The number of nitrogen functional groups attached to an aromatic ring is 1. The summed E-state index contributed by atoms with van der Waals surface area (Å²) in [6.07, 6.45) is 3.39. The summed E-state index contributed by atoms with van der Waals surface area (Å²) in [4.78, 5) is 16.4. The summed E-state index contributed by atoms with van der Waals surface area (Å²) in [6, 6.07) is 11.7. The number of pyridine rings is 1. The van der Waals surface area contributed by atoms with Gasteiger partial charge in [0.2, 0.25) is 0 Å². The Labute approximate surface area is 121 Å². The van der Waals surface area contributed by atoms with Crippen molar-refractivity contribution in [2.45, 2.75) is 0 Å². The van der Waals surface area contributed by atoms with Crippen LogP contribution in [0.2, 0.25) is 0 Å². The standard InChI is InChI=1S/C16H13N3O2/c17-14-5-4-11(20)8-12(14)16(21)19-15-3-1-2-10-6-7-18-9-13(10)15/h1-9,20H,17H2,(H,19,21). The van der Waals surface area contributed by atoms with Crippen LogP contribution in [0.1, 0.15) is 10.4 Å². The van der Waals surface area contributed by atoms with Crippen LogP contribution in [-0.4, -0.2) is 16.0 Å². The fourth-order valence-electron chi connectivity index (χ4n) is 2.15. The Bertz CT molecular complexity index is 825. The number of anilines is 2. The molecule has 0 aliphatic heterocycles. The molecule has 0 aliphatic carbocycles. The largest absolute Gasteiger partial charge is 0.508 e. The van der Waals surface area contributed by atoms with Crippen LogP contribution in [0.15, 0.2) is 54.9 Å². The van der Waals surface area contributed by atoms with Crippen molar-refractivity contribution < 1.29 is 9.90 Å². The first-order chi connectivity index (χ1) is 10.1. The predicted molar refractivity (Wildman–Crippen MR) is 82.2 cm³/mol. The van der Waals surface area contributed by atoms with Gasteiger partial charge in [0, 0.05) is 23.5 Å². The fraction of sp³-hybridized carbons (Fsp3) is 0. The summed E-state index contributed by atoms with van der Waals surface area (Å²) in [5, 5.41) is 14.1. The van der Waals surface area contributed by atoms with E-state index in [9.17, 15) is 9.90 Å². The van der Waals surface area contributed by atoms with E-state index >= 15 is 0 Å². The molecule has 5 nitrogen and oxygen atoms in total. The summed E-state index contributed by atoms with van der Waals surface area (Å²) in [7, 11) is 0. The number of benzene rings is 2. The minimum Gasteiger partial charge on any atom is -0.508 e. The van der Waals surface area contributed by atoms with Crippen LogP contribution in [0.25, 0.3) is 10.8 Å². The molecule has 0 saturated heterocycles. The Morgan fingerprint density at radius 2 is 2.05 bits per heavy atom. The number of rotatable bonds is 2. The number of hydrogen-bond acceptors (Lipinski definition) is 4. The molecule has 1 heterocycles.